The van der Waals surface area contributed by atoms with Crippen molar-refractivity contribution in [1.29, 1.82) is 0 Å². The summed E-state index contributed by atoms with van der Waals surface area (Å²) in [6.45, 7) is 2.52. The number of nitrogens with one attached hydrogen (secondary N) is 2. The van der Waals surface area contributed by atoms with Crippen LogP contribution in [0.1, 0.15) is 47.9 Å². The van der Waals surface area contributed by atoms with Gasteiger partial charge >= 0.3 is 0 Å². The van der Waals surface area contributed by atoms with Crippen LogP contribution in [0.15, 0.2) is 42.5 Å². The Labute approximate surface area is 156 Å². The highest BCUT2D eigenvalue weighted by Crippen LogP contribution is 2.17. The van der Waals surface area contributed by atoms with Gasteiger partial charge in [0.15, 0.2) is 0 Å². The summed E-state index contributed by atoms with van der Waals surface area (Å²) in [6.07, 6.45) is 4.78. The van der Waals surface area contributed by atoms with Crippen molar-refractivity contribution in [1.82, 2.24) is 10.6 Å². The first kappa shape index (κ1) is 18.5. The van der Waals surface area contributed by atoms with Crippen LogP contribution in [-0.2, 0) is 30.8 Å². The molecule has 138 valence electrons. The number of amides is 1. The molecule has 26 heavy (non-hydrogen) atoms. The molecule has 4 heteroatoms. The Balaban J connectivity index is 1.29. The average Bonchev–Trinajstić information content (AvgIpc) is 3.14. The lowest BCUT2D eigenvalue weighted by molar-refractivity contribution is -0.121. The summed E-state index contributed by atoms with van der Waals surface area (Å²) in [6, 6.07) is 14.7. The minimum atomic E-state index is 0.146. The molecule has 0 aromatic heterocycles. The highest BCUT2D eigenvalue weighted by Gasteiger charge is 2.10. The number of hydrogen-bond acceptors (Lipinski definition) is 3. The molecule has 1 aliphatic rings. The van der Waals surface area contributed by atoms with E-state index in [9.17, 15) is 4.79 Å². The van der Waals surface area contributed by atoms with Gasteiger partial charge in [-0.2, -0.15) is 0 Å². The summed E-state index contributed by atoms with van der Waals surface area (Å²) < 4.78 is 5.17. The van der Waals surface area contributed by atoms with Crippen LogP contribution in [0.5, 0.6) is 5.75 Å². The van der Waals surface area contributed by atoms with E-state index in [0.29, 0.717) is 13.0 Å². The first-order valence-electron chi connectivity index (χ1n) is 9.45. The molecule has 0 unspecified atom stereocenters. The molecule has 0 radical (unpaired) electrons. The van der Waals surface area contributed by atoms with Gasteiger partial charge in [0.05, 0.1) is 7.11 Å². The molecule has 4 nitrogen and oxygen atoms in total. The van der Waals surface area contributed by atoms with Crippen molar-refractivity contribution in [2.75, 3.05) is 7.11 Å². The Morgan fingerprint density at radius 2 is 1.77 bits per heavy atom. The molecule has 0 spiro atoms. The molecule has 0 saturated heterocycles. The van der Waals surface area contributed by atoms with Gasteiger partial charge in [-0.1, -0.05) is 36.8 Å². The maximum Gasteiger partial charge on any atom is 0.220 e. The Morgan fingerprint density at radius 1 is 1.00 bits per heavy atom. The minimum Gasteiger partial charge on any atom is -0.497 e. The first-order chi connectivity index (χ1) is 12.7. The van der Waals surface area contributed by atoms with Crippen molar-refractivity contribution in [3.8, 4) is 5.75 Å². The van der Waals surface area contributed by atoms with Crippen LogP contribution >= 0.6 is 0 Å². The van der Waals surface area contributed by atoms with Gasteiger partial charge in [-0.05, 0) is 53.6 Å². The monoisotopic (exact) mass is 352 g/mol. The third kappa shape index (κ3) is 5.33. The molecule has 2 aromatic carbocycles. The molecule has 1 aliphatic heterocycles. The topological polar surface area (TPSA) is 50.4 Å². The Bertz CT molecular complexity index is 725. The summed E-state index contributed by atoms with van der Waals surface area (Å²) in [5.41, 5.74) is 5.23. The van der Waals surface area contributed by atoms with E-state index in [0.717, 1.165) is 44.5 Å². The van der Waals surface area contributed by atoms with E-state index in [1.54, 1.807) is 7.11 Å². The minimum absolute atomic E-state index is 0.146. The maximum atomic E-state index is 12.0. The number of rotatable bonds is 9. The molecule has 1 heterocycles. The second-order valence-electron chi connectivity index (χ2n) is 6.89. The van der Waals surface area contributed by atoms with Gasteiger partial charge in [0.1, 0.15) is 5.75 Å². The van der Waals surface area contributed by atoms with E-state index in [-0.39, 0.29) is 5.91 Å². The summed E-state index contributed by atoms with van der Waals surface area (Å²) in [4.78, 5) is 12.0. The zero-order valence-corrected chi connectivity index (χ0v) is 15.5. The van der Waals surface area contributed by atoms with E-state index in [4.69, 9.17) is 4.74 Å². The van der Waals surface area contributed by atoms with Gasteiger partial charge in [-0.3, -0.25) is 4.79 Å². The van der Waals surface area contributed by atoms with Crippen molar-refractivity contribution in [2.45, 2.75) is 51.7 Å². The number of ether oxygens (including phenoxy) is 1. The van der Waals surface area contributed by atoms with Gasteiger partial charge in [0.25, 0.3) is 0 Å². The Hall–Kier alpha value is -2.33. The Kier molecular flexibility index (Phi) is 6.67. The predicted octanol–water partition coefficient (Wildman–Crippen LogP) is 3.72. The van der Waals surface area contributed by atoms with Crippen molar-refractivity contribution in [3.63, 3.8) is 0 Å². The molecule has 0 atom stereocenters. The van der Waals surface area contributed by atoms with Crippen LogP contribution in [-0.4, -0.2) is 13.0 Å². The maximum absolute atomic E-state index is 12.0. The summed E-state index contributed by atoms with van der Waals surface area (Å²) in [5, 5.41) is 6.38. The molecule has 0 saturated carbocycles. The number of carbonyl (C=O) groups excluding carboxylic acids is 1. The molecule has 0 bridgehead atoms. The van der Waals surface area contributed by atoms with E-state index < -0.39 is 0 Å². The lowest BCUT2D eigenvalue weighted by Gasteiger charge is -2.07. The number of benzene rings is 2. The molecular weight excluding hydrogens is 324 g/mol. The average molecular weight is 352 g/mol. The van der Waals surface area contributed by atoms with E-state index >= 15 is 0 Å². The van der Waals surface area contributed by atoms with Crippen LogP contribution in [0, 0.1) is 0 Å². The largest absolute Gasteiger partial charge is 0.497 e. The second-order valence-corrected chi connectivity index (χ2v) is 6.89. The first-order valence-corrected chi connectivity index (χ1v) is 9.45. The number of methoxy groups -OCH3 is 1. The molecule has 0 aliphatic carbocycles. The van der Waals surface area contributed by atoms with Gasteiger partial charge in [-0.25, -0.2) is 0 Å². The van der Waals surface area contributed by atoms with Crippen LogP contribution in [0.4, 0.5) is 0 Å². The highest BCUT2D eigenvalue weighted by molar-refractivity contribution is 5.75. The summed E-state index contributed by atoms with van der Waals surface area (Å²) in [5.74, 6) is 1.04. The van der Waals surface area contributed by atoms with Crippen molar-refractivity contribution in [2.24, 2.45) is 0 Å². The molecular formula is C22H28N2O2. The molecule has 3 rings (SSSR count). The van der Waals surface area contributed by atoms with Crippen molar-refractivity contribution < 1.29 is 9.53 Å². The van der Waals surface area contributed by atoms with Gasteiger partial charge < -0.3 is 15.4 Å². The number of carbonyl (C=O) groups is 1. The molecule has 2 N–H and O–H groups in total. The number of aryl methyl sites for hydroxylation is 1. The van der Waals surface area contributed by atoms with Crippen LogP contribution < -0.4 is 15.4 Å². The second kappa shape index (κ2) is 9.39. The number of fused-ring (bicyclic) bond motifs is 1. The summed E-state index contributed by atoms with van der Waals surface area (Å²) >= 11 is 0. The third-order valence-corrected chi connectivity index (χ3v) is 4.92. The van der Waals surface area contributed by atoms with Gasteiger partial charge in [0.2, 0.25) is 5.91 Å². The fourth-order valence-electron chi connectivity index (χ4n) is 3.33. The number of unbranched alkanes of at least 4 members (excludes halogenated alkanes) is 2. The zero-order valence-electron chi connectivity index (χ0n) is 15.5. The van der Waals surface area contributed by atoms with Crippen LogP contribution in [0.3, 0.4) is 0 Å². The molecule has 0 fully saturated rings. The standard InChI is InChI=1S/C22H28N2O2/c1-26-21-11-8-17(9-12-21)5-3-2-4-6-22(25)24-14-18-7-10-19-15-23-16-20(19)13-18/h7-13,23H,2-6,14-16H2,1H3,(H,24,25). The summed E-state index contributed by atoms with van der Waals surface area (Å²) in [7, 11) is 1.68. The fourth-order valence-corrected chi connectivity index (χ4v) is 3.33. The van der Waals surface area contributed by atoms with Crippen molar-refractivity contribution in [3.05, 3.63) is 64.7 Å². The van der Waals surface area contributed by atoms with E-state index in [1.807, 2.05) is 12.1 Å². The third-order valence-electron chi connectivity index (χ3n) is 4.92. The van der Waals surface area contributed by atoms with E-state index in [1.165, 1.54) is 22.3 Å². The van der Waals surface area contributed by atoms with Crippen LogP contribution in [0.25, 0.3) is 0 Å². The molecule has 1 amide bonds. The lowest BCUT2D eigenvalue weighted by Crippen LogP contribution is -2.22. The van der Waals surface area contributed by atoms with Gasteiger partial charge in [0, 0.05) is 26.1 Å². The smallest absolute Gasteiger partial charge is 0.220 e. The highest BCUT2D eigenvalue weighted by atomic mass is 16.5. The predicted molar refractivity (Wildman–Crippen MR) is 104 cm³/mol. The molecule has 2 aromatic rings. The van der Waals surface area contributed by atoms with E-state index in [2.05, 4.69) is 41.0 Å². The lowest BCUT2D eigenvalue weighted by atomic mass is 10.1. The van der Waals surface area contributed by atoms with Crippen molar-refractivity contribution >= 4 is 5.91 Å². The zero-order chi connectivity index (χ0) is 18.2. The van der Waals surface area contributed by atoms with Crippen LogP contribution in [0.2, 0.25) is 0 Å². The SMILES string of the molecule is COc1ccc(CCCCCC(=O)NCc2ccc3c(c2)CNC3)cc1. The Morgan fingerprint density at radius 3 is 2.58 bits per heavy atom. The quantitative estimate of drug-likeness (QED) is 0.676. The number of hydrogen-bond donors (Lipinski definition) is 2. The fraction of sp³-hybridized carbons (Fsp3) is 0.409. The van der Waals surface area contributed by atoms with Gasteiger partial charge in [-0.15, -0.1) is 0 Å². The normalized spacial score (nSPS) is 12.7.